The summed E-state index contributed by atoms with van der Waals surface area (Å²) in [6.07, 6.45) is 3.28. The highest BCUT2D eigenvalue weighted by Gasteiger charge is 2.52. The highest BCUT2D eigenvalue weighted by atomic mass is 16.7. The summed E-state index contributed by atoms with van der Waals surface area (Å²) in [6, 6.07) is 17.5. The first kappa shape index (κ1) is 22.9. The van der Waals surface area contributed by atoms with Gasteiger partial charge in [0.25, 0.3) is 0 Å². The van der Waals surface area contributed by atoms with Gasteiger partial charge in [-0.2, -0.15) is 0 Å². The largest absolute Gasteiger partial charge is 0.492 e. The molecule has 0 atom stereocenters. The van der Waals surface area contributed by atoms with Crippen molar-refractivity contribution in [1.29, 1.82) is 0 Å². The smallest absolute Gasteiger partial charge is 0.445 e. The standard InChI is InChI=1S/C25H30BNO4/c1-6-19-12-14-20(15-13-19)16-22(26-30-24(2,3)25(4,5)31-26)17-27-23(28)29-18-21-10-8-7-9-11-21/h6-16H,1,17-18H2,2-5H3,(H,27,28). The van der Waals surface area contributed by atoms with Gasteiger partial charge in [0, 0.05) is 6.54 Å². The van der Waals surface area contributed by atoms with E-state index in [1.807, 2.05) is 88.4 Å². The fourth-order valence-corrected chi connectivity index (χ4v) is 3.09. The zero-order valence-corrected chi connectivity index (χ0v) is 18.7. The molecular weight excluding hydrogens is 389 g/mol. The first-order valence-electron chi connectivity index (χ1n) is 10.4. The van der Waals surface area contributed by atoms with E-state index in [4.69, 9.17) is 14.0 Å². The Morgan fingerprint density at radius 3 is 2.16 bits per heavy atom. The molecule has 0 spiro atoms. The molecule has 6 heteroatoms. The number of nitrogens with one attached hydrogen (secondary N) is 1. The maximum absolute atomic E-state index is 12.3. The average Bonchev–Trinajstić information content (AvgIpc) is 2.97. The van der Waals surface area contributed by atoms with Gasteiger partial charge in [-0.3, -0.25) is 0 Å². The van der Waals surface area contributed by atoms with Crippen LogP contribution >= 0.6 is 0 Å². The summed E-state index contributed by atoms with van der Waals surface area (Å²) >= 11 is 0. The van der Waals surface area contributed by atoms with Crippen LogP contribution < -0.4 is 5.32 Å². The summed E-state index contributed by atoms with van der Waals surface area (Å²) in [5.74, 6) is 0. The zero-order valence-electron chi connectivity index (χ0n) is 18.7. The molecule has 31 heavy (non-hydrogen) atoms. The topological polar surface area (TPSA) is 56.8 Å². The van der Waals surface area contributed by atoms with Crippen molar-refractivity contribution in [3.8, 4) is 0 Å². The van der Waals surface area contributed by atoms with Crippen LogP contribution in [0, 0.1) is 0 Å². The predicted octanol–water partition coefficient (Wildman–Crippen LogP) is 5.27. The lowest BCUT2D eigenvalue weighted by Crippen LogP contribution is -2.41. The van der Waals surface area contributed by atoms with Crippen molar-refractivity contribution in [2.24, 2.45) is 0 Å². The van der Waals surface area contributed by atoms with Crippen LogP contribution in [-0.4, -0.2) is 31.0 Å². The quantitative estimate of drug-likeness (QED) is 0.622. The fourth-order valence-electron chi connectivity index (χ4n) is 3.09. The van der Waals surface area contributed by atoms with Crippen molar-refractivity contribution >= 4 is 25.4 Å². The van der Waals surface area contributed by atoms with Crippen molar-refractivity contribution in [1.82, 2.24) is 5.32 Å². The number of hydrogen-bond acceptors (Lipinski definition) is 4. The van der Waals surface area contributed by atoms with Crippen LogP contribution in [0.3, 0.4) is 0 Å². The monoisotopic (exact) mass is 419 g/mol. The van der Waals surface area contributed by atoms with Gasteiger partial charge in [0.05, 0.1) is 11.2 Å². The summed E-state index contributed by atoms with van der Waals surface area (Å²) in [7, 11) is -0.571. The second kappa shape index (κ2) is 9.54. The third kappa shape index (κ3) is 5.87. The van der Waals surface area contributed by atoms with E-state index in [9.17, 15) is 4.79 Å². The number of benzene rings is 2. The van der Waals surface area contributed by atoms with Gasteiger partial charge in [-0.25, -0.2) is 4.79 Å². The van der Waals surface area contributed by atoms with Crippen molar-refractivity contribution in [3.05, 3.63) is 83.3 Å². The molecule has 0 unspecified atom stereocenters. The van der Waals surface area contributed by atoms with Crippen LogP contribution in [-0.2, 0) is 20.7 Å². The van der Waals surface area contributed by atoms with Gasteiger partial charge in [0.2, 0.25) is 0 Å². The zero-order chi connectivity index (χ0) is 22.5. The Labute approximate surface area is 185 Å². The average molecular weight is 419 g/mol. The number of hydrogen-bond donors (Lipinski definition) is 1. The van der Waals surface area contributed by atoms with E-state index in [2.05, 4.69) is 11.9 Å². The molecule has 3 rings (SSSR count). The minimum atomic E-state index is -0.571. The number of carbonyl (C=O) groups is 1. The summed E-state index contributed by atoms with van der Waals surface area (Å²) in [6.45, 7) is 12.3. The highest BCUT2D eigenvalue weighted by molar-refractivity contribution is 6.56. The maximum atomic E-state index is 12.3. The molecule has 1 N–H and O–H groups in total. The minimum Gasteiger partial charge on any atom is -0.445 e. The Hall–Kier alpha value is -2.83. The van der Waals surface area contributed by atoms with Gasteiger partial charge in [-0.15, -0.1) is 0 Å². The fraction of sp³-hybridized carbons (Fsp3) is 0.320. The van der Waals surface area contributed by atoms with Crippen LogP contribution in [0.4, 0.5) is 4.79 Å². The third-order valence-electron chi connectivity index (χ3n) is 5.73. The van der Waals surface area contributed by atoms with E-state index in [-0.39, 0.29) is 13.2 Å². The molecule has 1 heterocycles. The molecule has 1 aliphatic rings. The van der Waals surface area contributed by atoms with E-state index in [1.165, 1.54) is 0 Å². The molecule has 0 aromatic heterocycles. The van der Waals surface area contributed by atoms with Crippen LogP contribution in [0.5, 0.6) is 0 Å². The molecule has 0 bridgehead atoms. The third-order valence-corrected chi connectivity index (χ3v) is 5.73. The molecule has 0 saturated carbocycles. The molecule has 2 aromatic rings. The van der Waals surface area contributed by atoms with Gasteiger partial charge < -0.3 is 19.4 Å². The van der Waals surface area contributed by atoms with Gasteiger partial charge in [-0.1, -0.05) is 73.3 Å². The van der Waals surface area contributed by atoms with Gasteiger partial charge in [0.15, 0.2) is 0 Å². The Kier molecular flexibility index (Phi) is 7.03. The van der Waals surface area contributed by atoms with Crippen LogP contribution in [0.2, 0.25) is 0 Å². The number of amides is 1. The Balaban J connectivity index is 1.71. The van der Waals surface area contributed by atoms with E-state index in [0.717, 1.165) is 22.2 Å². The Bertz CT molecular complexity index is 920. The van der Waals surface area contributed by atoms with Crippen molar-refractivity contribution in [2.75, 3.05) is 6.54 Å². The van der Waals surface area contributed by atoms with E-state index in [1.54, 1.807) is 6.08 Å². The van der Waals surface area contributed by atoms with E-state index >= 15 is 0 Å². The number of alkyl carbamates (subject to hydrolysis) is 1. The Morgan fingerprint density at radius 2 is 1.58 bits per heavy atom. The molecule has 1 amide bonds. The molecule has 1 saturated heterocycles. The second-order valence-electron chi connectivity index (χ2n) is 8.59. The number of rotatable bonds is 7. The SMILES string of the molecule is C=Cc1ccc(C=C(CNC(=O)OCc2ccccc2)B2OC(C)(C)C(C)(C)O2)cc1. The molecule has 0 aliphatic carbocycles. The molecule has 1 aliphatic heterocycles. The van der Waals surface area contributed by atoms with Gasteiger partial charge in [0.1, 0.15) is 6.61 Å². The number of ether oxygens (including phenoxy) is 1. The molecule has 0 radical (unpaired) electrons. The summed E-state index contributed by atoms with van der Waals surface area (Å²) in [4.78, 5) is 12.3. The van der Waals surface area contributed by atoms with Crippen LogP contribution in [0.1, 0.15) is 44.4 Å². The number of carbonyl (C=O) groups excluding carboxylic acids is 1. The molecule has 1 fully saturated rings. The lowest BCUT2D eigenvalue weighted by atomic mass is 9.77. The second-order valence-corrected chi connectivity index (χ2v) is 8.59. The molecule has 162 valence electrons. The Morgan fingerprint density at radius 1 is 1.00 bits per heavy atom. The summed E-state index contributed by atoms with van der Waals surface area (Å²) in [5, 5.41) is 2.82. The van der Waals surface area contributed by atoms with E-state index in [0.29, 0.717) is 0 Å². The first-order valence-corrected chi connectivity index (χ1v) is 10.4. The summed E-state index contributed by atoms with van der Waals surface area (Å²) < 4.78 is 17.7. The summed E-state index contributed by atoms with van der Waals surface area (Å²) in [5.41, 5.74) is 2.81. The predicted molar refractivity (Wildman–Crippen MR) is 125 cm³/mol. The van der Waals surface area contributed by atoms with Gasteiger partial charge >= 0.3 is 13.2 Å². The van der Waals surface area contributed by atoms with Crippen molar-refractivity contribution < 1.29 is 18.8 Å². The van der Waals surface area contributed by atoms with E-state index < -0.39 is 24.4 Å². The molecular formula is C25H30BNO4. The van der Waals surface area contributed by atoms with Crippen LogP contribution in [0.25, 0.3) is 12.2 Å². The minimum absolute atomic E-state index is 0.214. The van der Waals surface area contributed by atoms with Gasteiger partial charge in [-0.05, 0) is 49.9 Å². The molecule has 2 aromatic carbocycles. The molecule has 5 nitrogen and oxygen atoms in total. The van der Waals surface area contributed by atoms with Crippen molar-refractivity contribution in [3.63, 3.8) is 0 Å². The maximum Gasteiger partial charge on any atom is 0.492 e. The van der Waals surface area contributed by atoms with Crippen LogP contribution in [0.15, 0.2) is 66.6 Å². The first-order chi connectivity index (χ1) is 14.7. The highest BCUT2D eigenvalue weighted by Crippen LogP contribution is 2.38. The lowest BCUT2D eigenvalue weighted by molar-refractivity contribution is 0.00578. The van der Waals surface area contributed by atoms with Crippen molar-refractivity contribution in [2.45, 2.75) is 45.5 Å². The normalized spacial score (nSPS) is 17.3. The lowest BCUT2D eigenvalue weighted by Gasteiger charge is -2.32.